The number of halogens is 3. The predicted octanol–water partition coefficient (Wildman–Crippen LogP) is 1.50. The fourth-order valence-corrected chi connectivity index (χ4v) is 1.98. The molecule has 1 heterocycles. The lowest BCUT2D eigenvalue weighted by atomic mass is 10.0. The molecule has 1 unspecified atom stereocenters. The Bertz CT molecular complexity index is 205. The van der Waals surface area contributed by atoms with Gasteiger partial charge in [-0.3, -0.25) is 0 Å². The van der Waals surface area contributed by atoms with Crippen molar-refractivity contribution in [1.82, 2.24) is 10.2 Å². The van der Waals surface area contributed by atoms with Crippen LogP contribution in [0.2, 0.25) is 0 Å². The zero-order valence-corrected chi connectivity index (χ0v) is 10.2. The molecule has 3 nitrogen and oxygen atoms in total. The number of nitrogens with zero attached hydrogens (tertiary/aromatic N) is 1. The normalized spacial score (nSPS) is 22.1. The van der Waals surface area contributed by atoms with Gasteiger partial charge in [-0.15, -0.1) is 0 Å². The van der Waals surface area contributed by atoms with Crippen LogP contribution >= 0.6 is 0 Å². The van der Waals surface area contributed by atoms with E-state index < -0.39 is 12.7 Å². The van der Waals surface area contributed by atoms with Gasteiger partial charge in [0.1, 0.15) is 0 Å². The Labute approximate surface area is 100 Å². The molecule has 1 rings (SSSR count). The third-order valence-corrected chi connectivity index (χ3v) is 2.82. The summed E-state index contributed by atoms with van der Waals surface area (Å²) in [6.45, 7) is 2.60. The first-order valence-electron chi connectivity index (χ1n) is 6.01. The van der Waals surface area contributed by atoms with Crippen molar-refractivity contribution in [2.45, 2.75) is 19.0 Å². The lowest BCUT2D eigenvalue weighted by Gasteiger charge is -2.27. The average Bonchev–Trinajstić information content (AvgIpc) is 2.25. The van der Waals surface area contributed by atoms with Crippen LogP contribution in [0, 0.1) is 5.92 Å². The van der Waals surface area contributed by atoms with Crippen molar-refractivity contribution in [3.05, 3.63) is 0 Å². The second-order valence-electron chi connectivity index (χ2n) is 4.64. The summed E-state index contributed by atoms with van der Waals surface area (Å²) >= 11 is 0. The fraction of sp³-hybridized carbons (Fsp3) is 1.00. The van der Waals surface area contributed by atoms with E-state index in [4.69, 9.17) is 4.74 Å². The van der Waals surface area contributed by atoms with E-state index in [1.807, 2.05) is 7.05 Å². The Morgan fingerprint density at radius 1 is 1.41 bits per heavy atom. The van der Waals surface area contributed by atoms with E-state index in [0.29, 0.717) is 19.0 Å². The summed E-state index contributed by atoms with van der Waals surface area (Å²) in [5.41, 5.74) is 0. The van der Waals surface area contributed by atoms with Gasteiger partial charge in [0.05, 0.1) is 13.2 Å². The molecule has 0 radical (unpaired) electrons. The molecular weight excluding hydrogens is 233 g/mol. The summed E-state index contributed by atoms with van der Waals surface area (Å²) in [6, 6.07) is 0. The maximum atomic E-state index is 11.9. The van der Waals surface area contributed by atoms with E-state index in [-0.39, 0.29) is 0 Å². The zero-order valence-electron chi connectivity index (χ0n) is 10.2. The Kier molecular flexibility index (Phi) is 6.22. The maximum absolute atomic E-state index is 11.9. The quantitative estimate of drug-likeness (QED) is 0.727. The molecule has 17 heavy (non-hydrogen) atoms. The Hall–Kier alpha value is -0.330. The number of hydrogen-bond donors (Lipinski definition) is 1. The molecule has 1 aliphatic rings. The zero-order chi connectivity index (χ0) is 12.7. The van der Waals surface area contributed by atoms with Gasteiger partial charge in [0.25, 0.3) is 0 Å². The van der Waals surface area contributed by atoms with Crippen LogP contribution in [0.15, 0.2) is 0 Å². The van der Waals surface area contributed by atoms with Gasteiger partial charge in [-0.1, -0.05) is 0 Å². The number of nitrogens with one attached hydrogen (secondary N) is 1. The van der Waals surface area contributed by atoms with E-state index in [1.165, 1.54) is 0 Å². The van der Waals surface area contributed by atoms with Crippen LogP contribution in [-0.4, -0.2) is 57.5 Å². The van der Waals surface area contributed by atoms with Gasteiger partial charge in [0.2, 0.25) is 0 Å². The third-order valence-electron chi connectivity index (χ3n) is 2.82. The van der Waals surface area contributed by atoms with Crippen LogP contribution in [-0.2, 0) is 4.74 Å². The van der Waals surface area contributed by atoms with Crippen LogP contribution < -0.4 is 5.32 Å². The van der Waals surface area contributed by atoms with Crippen LogP contribution in [0.4, 0.5) is 13.2 Å². The van der Waals surface area contributed by atoms with E-state index in [1.54, 1.807) is 0 Å². The van der Waals surface area contributed by atoms with Gasteiger partial charge in [-0.05, 0) is 25.8 Å². The van der Waals surface area contributed by atoms with Gasteiger partial charge < -0.3 is 15.0 Å². The van der Waals surface area contributed by atoms with Crippen LogP contribution in [0.3, 0.4) is 0 Å². The largest absolute Gasteiger partial charge is 0.401 e. The average molecular weight is 254 g/mol. The molecule has 0 aromatic rings. The van der Waals surface area contributed by atoms with E-state index in [0.717, 1.165) is 32.6 Å². The number of likely N-dealkylation sites (N-methyl/N-ethyl adjacent to an activating group) is 1. The molecule has 0 bridgehead atoms. The molecule has 1 aliphatic heterocycles. The summed E-state index contributed by atoms with van der Waals surface area (Å²) in [6.07, 6.45) is -1.87. The Balaban J connectivity index is 2.02. The number of alkyl halides is 3. The maximum Gasteiger partial charge on any atom is 0.401 e. The number of rotatable bonds is 6. The minimum Gasteiger partial charge on any atom is -0.381 e. The van der Waals surface area contributed by atoms with Crippen molar-refractivity contribution >= 4 is 0 Å². The first-order valence-corrected chi connectivity index (χ1v) is 6.01. The van der Waals surface area contributed by atoms with Crippen LogP contribution in [0.25, 0.3) is 0 Å². The van der Waals surface area contributed by atoms with Crippen molar-refractivity contribution < 1.29 is 17.9 Å². The van der Waals surface area contributed by atoms with Crippen molar-refractivity contribution in [1.29, 1.82) is 0 Å². The number of ether oxygens (including phenoxy) is 1. The van der Waals surface area contributed by atoms with Crippen LogP contribution in [0.1, 0.15) is 12.8 Å². The molecule has 0 saturated carbocycles. The lowest BCUT2D eigenvalue weighted by Crippen LogP contribution is -2.37. The molecular formula is C11H21F3N2O. The van der Waals surface area contributed by atoms with Gasteiger partial charge in [-0.25, -0.2) is 0 Å². The molecule has 0 aliphatic carbocycles. The van der Waals surface area contributed by atoms with Crippen molar-refractivity contribution in [2.75, 3.05) is 46.4 Å². The minimum atomic E-state index is -4.12. The minimum absolute atomic E-state index is 0.365. The van der Waals surface area contributed by atoms with E-state index >= 15 is 0 Å². The molecule has 102 valence electrons. The molecule has 1 saturated heterocycles. The summed E-state index contributed by atoms with van der Waals surface area (Å²) in [5.74, 6) is 0.524. The highest BCUT2D eigenvalue weighted by Gasteiger charge is 2.26. The SMILES string of the molecule is CN(CCNCC(F)(F)F)CC1CCCOC1. The highest BCUT2D eigenvalue weighted by Crippen LogP contribution is 2.14. The third kappa shape index (κ3) is 7.57. The Morgan fingerprint density at radius 2 is 2.18 bits per heavy atom. The smallest absolute Gasteiger partial charge is 0.381 e. The molecule has 0 spiro atoms. The second-order valence-corrected chi connectivity index (χ2v) is 4.64. The highest BCUT2D eigenvalue weighted by atomic mass is 19.4. The molecule has 0 aromatic carbocycles. The molecule has 0 amide bonds. The summed E-state index contributed by atoms with van der Waals surface area (Å²) in [7, 11) is 1.93. The van der Waals surface area contributed by atoms with Gasteiger partial charge in [-0.2, -0.15) is 13.2 Å². The van der Waals surface area contributed by atoms with Crippen LogP contribution in [0.5, 0.6) is 0 Å². The first kappa shape index (κ1) is 14.7. The van der Waals surface area contributed by atoms with E-state index in [9.17, 15) is 13.2 Å². The van der Waals surface area contributed by atoms with Gasteiger partial charge in [0, 0.05) is 26.2 Å². The standard InChI is InChI=1S/C11H21F3N2O/c1-16(5-4-15-9-11(12,13)14)7-10-3-2-6-17-8-10/h10,15H,2-9H2,1H3. The fourth-order valence-electron chi connectivity index (χ4n) is 1.98. The second kappa shape index (κ2) is 7.18. The summed E-state index contributed by atoms with van der Waals surface area (Å²) < 4.78 is 40.9. The van der Waals surface area contributed by atoms with Gasteiger partial charge >= 0.3 is 6.18 Å². The summed E-state index contributed by atoms with van der Waals surface area (Å²) in [5, 5.41) is 2.40. The monoisotopic (exact) mass is 254 g/mol. The highest BCUT2D eigenvalue weighted by molar-refractivity contribution is 4.68. The molecule has 6 heteroatoms. The molecule has 1 N–H and O–H groups in total. The Morgan fingerprint density at radius 3 is 2.76 bits per heavy atom. The first-order chi connectivity index (χ1) is 7.97. The lowest BCUT2D eigenvalue weighted by molar-refractivity contribution is -0.124. The topological polar surface area (TPSA) is 24.5 Å². The van der Waals surface area contributed by atoms with Crippen molar-refractivity contribution in [2.24, 2.45) is 5.92 Å². The molecule has 1 fully saturated rings. The van der Waals surface area contributed by atoms with Crippen molar-refractivity contribution in [3.8, 4) is 0 Å². The molecule has 1 atom stereocenters. The van der Waals surface area contributed by atoms with Gasteiger partial charge in [0.15, 0.2) is 0 Å². The van der Waals surface area contributed by atoms with Crippen molar-refractivity contribution in [3.63, 3.8) is 0 Å². The summed E-state index contributed by atoms with van der Waals surface area (Å²) in [4.78, 5) is 2.06. The predicted molar refractivity (Wildman–Crippen MR) is 60.0 cm³/mol. The van der Waals surface area contributed by atoms with E-state index in [2.05, 4.69) is 10.2 Å². The number of hydrogen-bond acceptors (Lipinski definition) is 3. The molecule has 0 aromatic heterocycles.